The third-order valence-electron chi connectivity index (χ3n) is 5.54. The van der Waals surface area contributed by atoms with Crippen molar-refractivity contribution in [2.45, 2.75) is 43.9 Å². The van der Waals surface area contributed by atoms with Crippen molar-refractivity contribution in [3.05, 3.63) is 24.2 Å². The van der Waals surface area contributed by atoms with Gasteiger partial charge in [0.2, 0.25) is 0 Å². The van der Waals surface area contributed by atoms with Gasteiger partial charge in [0.15, 0.2) is 0 Å². The number of carbonyl (C=O) groups excluding carboxylic acids is 1. The minimum absolute atomic E-state index is 0.223. The summed E-state index contributed by atoms with van der Waals surface area (Å²) in [4.78, 5) is 12.8. The summed E-state index contributed by atoms with van der Waals surface area (Å²) in [5.41, 5.74) is -0.223. The van der Waals surface area contributed by atoms with E-state index in [0.29, 0.717) is 23.5 Å². The van der Waals surface area contributed by atoms with E-state index in [1.807, 2.05) is 12.1 Å². The molecular formula is C15H18O2. The molecule has 0 aliphatic heterocycles. The average molecular weight is 230 g/mol. The molecule has 2 nitrogen and oxygen atoms in total. The van der Waals surface area contributed by atoms with Gasteiger partial charge in [-0.2, -0.15) is 0 Å². The van der Waals surface area contributed by atoms with E-state index in [2.05, 4.69) is 0 Å². The largest absolute Gasteiger partial charge is 0.468 e. The predicted octanol–water partition coefficient (Wildman–Crippen LogP) is 3.32. The molecule has 0 radical (unpaired) electrons. The lowest BCUT2D eigenvalue weighted by Gasteiger charge is -2.27. The lowest BCUT2D eigenvalue weighted by molar-refractivity contribution is -0.126. The zero-order valence-electron chi connectivity index (χ0n) is 10.0. The van der Waals surface area contributed by atoms with Crippen LogP contribution in [0.5, 0.6) is 0 Å². The number of carbonyl (C=O) groups is 1. The van der Waals surface area contributed by atoms with Gasteiger partial charge in [-0.3, -0.25) is 4.79 Å². The molecule has 0 N–H and O–H groups in total. The second-order valence-corrected chi connectivity index (χ2v) is 6.01. The maximum Gasteiger partial charge on any atom is 0.150 e. The van der Waals surface area contributed by atoms with Crippen molar-refractivity contribution < 1.29 is 9.21 Å². The second-order valence-electron chi connectivity index (χ2n) is 6.01. The van der Waals surface area contributed by atoms with Gasteiger partial charge in [-0.25, -0.2) is 0 Å². The van der Waals surface area contributed by atoms with E-state index in [4.69, 9.17) is 4.42 Å². The van der Waals surface area contributed by atoms with E-state index in [1.54, 1.807) is 6.26 Å². The smallest absolute Gasteiger partial charge is 0.150 e. The third kappa shape index (κ3) is 1.05. The van der Waals surface area contributed by atoms with Crippen LogP contribution in [0.15, 0.2) is 22.8 Å². The highest BCUT2D eigenvalue weighted by Gasteiger charge is 2.64. The van der Waals surface area contributed by atoms with Crippen molar-refractivity contribution in [3.8, 4) is 0 Å². The molecule has 90 valence electrons. The Kier molecular flexibility index (Phi) is 1.89. The molecule has 0 aromatic carbocycles. The van der Waals surface area contributed by atoms with Crippen molar-refractivity contribution in [1.29, 1.82) is 0 Å². The van der Waals surface area contributed by atoms with Crippen LogP contribution in [0.25, 0.3) is 0 Å². The Labute approximate surface area is 101 Å². The van der Waals surface area contributed by atoms with Crippen LogP contribution in [0.1, 0.15) is 44.3 Å². The first-order chi connectivity index (χ1) is 8.34. The lowest BCUT2D eigenvalue weighted by atomic mass is 9.74. The van der Waals surface area contributed by atoms with Crippen LogP contribution in [0.4, 0.5) is 0 Å². The molecule has 3 aliphatic rings. The number of fused-ring (bicyclic) bond motifs is 3. The molecule has 3 aliphatic carbocycles. The zero-order chi connectivity index (χ0) is 11.5. The van der Waals surface area contributed by atoms with Crippen LogP contribution in [-0.2, 0) is 10.2 Å². The van der Waals surface area contributed by atoms with Gasteiger partial charge in [0.1, 0.15) is 11.5 Å². The summed E-state index contributed by atoms with van der Waals surface area (Å²) in [6.07, 6.45) is 8.82. The summed E-state index contributed by atoms with van der Waals surface area (Å²) in [5, 5.41) is 0. The molecule has 17 heavy (non-hydrogen) atoms. The van der Waals surface area contributed by atoms with Crippen LogP contribution in [-0.4, -0.2) is 5.78 Å². The van der Waals surface area contributed by atoms with Crippen molar-refractivity contribution in [2.24, 2.45) is 17.8 Å². The SMILES string of the molecule is O=C1[C@@H]2CCC[C@H]2[C@@H]2CCC[C@]12c1ccco1. The first-order valence-electron chi connectivity index (χ1n) is 6.92. The van der Waals surface area contributed by atoms with Crippen molar-refractivity contribution in [2.75, 3.05) is 0 Å². The number of rotatable bonds is 1. The van der Waals surface area contributed by atoms with Crippen LogP contribution in [0.2, 0.25) is 0 Å². The maximum absolute atomic E-state index is 12.8. The summed E-state index contributed by atoms with van der Waals surface area (Å²) in [7, 11) is 0. The number of hydrogen-bond acceptors (Lipinski definition) is 2. The third-order valence-corrected chi connectivity index (χ3v) is 5.54. The van der Waals surface area contributed by atoms with Gasteiger partial charge in [0.25, 0.3) is 0 Å². The van der Waals surface area contributed by atoms with Crippen molar-refractivity contribution >= 4 is 5.78 Å². The van der Waals surface area contributed by atoms with Gasteiger partial charge in [0, 0.05) is 5.92 Å². The Morgan fingerprint density at radius 1 is 1.24 bits per heavy atom. The quantitative estimate of drug-likeness (QED) is 0.741. The van der Waals surface area contributed by atoms with E-state index in [1.165, 1.54) is 25.7 Å². The molecule has 2 heteroatoms. The first-order valence-corrected chi connectivity index (χ1v) is 6.92. The molecule has 0 unspecified atom stereocenters. The fourth-order valence-corrected chi connectivity index (χ4v) is 5.00. The molecule has 0 spiro atoms. The van der Waals surface area contributed by atoms with Crippen LogP contribution in [0.3, 0.4) is 0 Å². The minimum Gasteiger partial charge on any atom is -0.468 e. The number of ketones is 1. The Morgan fingerprint density at radius 3 is 3.00 bits per heavy atom. The number of Topliss-reactive ketones (excluding diaryl/α,β-unsaturated/α-hetero) is 1. The van der Waals surface area contributed by atoms with Gasteiger partial charge >= 0.3 is 0 Å². The van der Waals surface area contributed by atoms with E-state index in [-0.39, 0.29) is 5.41 Å². The Morgan fingerprint density at radius 2 is 2.18 bits per heavy atom. The van der Waals surface area contributed by atoms with Crippen LogP contribution in [0, 0.1) is 17.8 Å². The summed E-state index contributed by atoms with van der Waals surface area (Å²) in [6.45, 7) is 0. The van der Waals surface area contributed by atoms with E-state index >= 15 is 0 Å². The molecule has 4 atom stereocenters. The van der Waals surface area contributed by atoms with E-state index in [9.17, 15) is 4.79 Å². The molecule has 0 saturated heterocycles. The standard InChI is InChI=1S/C15H18O2/c16-14-11-5-1-4-10(11)12-6-2-8-15(12,14)13-7-3-9-17-13/h3,7,9-12H,1-2,4-6,8H2/t10-,11-,12+,15+/m1/s1. The first kappa shape index (κ1) is 9.93. The Bertz CT molecular complexity index is 447. The van der Waals surface area contributed by atoms with Gasteiger partial charge in [0.05, 0.1) is 11.7 Å². The highest BCUT2D eigenvalue weighted by atomic mass is 16.3. The van der Waals surface area contributed by atoms with Crippen LogP contribution >= 0.6 is 0 Å². The maximum atomic E-state index is 12.8. The molecule has 3 fully saturated rings. The van der Waals surface area contributed by atoms with Gasteiger partial charge < -0.3 is 4.42 Å². The molecule has 3 saturated carbocycles. The Hall–Kier alpha value is -1.05. The predicted molar refractivity (Wildman–Crippen MR) is 63.6 cm³/mol. The van der Waals surface area contributed by atoms with E-state index < -0.39 is 0 Å². The zero-order valence-corrected chi connectivity index (χ0v) is 10.0. The van der Waals surface area contributed by atoms with Crippen LogP contribution < -0.4 is 0 Å². The summed E-state index contributed by atoms with van der Waals surface area (Å²) >= 11 is 0. The fraction of sp³-hybridized carbons (Fsp3) is 0.667. The highest BCUT2D eigenvalue weighted by Crippen LogP contribution is 2.62. The molecule has 1 heterocycles. The lowest BCUT2D eigenvalue weighted by Crippen LogP contribution is -2.35. The highest BCUT2D eigenvalue weighted by molar-refractivity contribution is 5.95. The normalized spacial score (nSPS) is 44.0. The monoisotopic (exact) mass is 230 g/mol. The number of hydrogen-bond donors (Lipinski definition) is 0. The summed E-state index contributed by atoms with van der Waals surface area (Å²) < 4.78 is 5.64. The minimum atomic E-state index is -0.223. The van der Waals surface area contributed by atoms with Gasteiger partial charge in [-0.15, -0.1) is 0 Å². The molecule has 0 amide bonds. The molecule has 1 aromatic heterocycles. The van der Waals surface area contributed by atoms with Crippen molar-refractivity contribution in [3.63, 3.8) is 0 Å². The topological polar surface area (TPSA) is 30.2 Å². The molecule has 0 bridgehead atoms. The van der Waals surface area contributed by atoms with E-state index in [0.717, 1.165) is 18.6 Å². The van der Waals surface area contributed by atoms with Crippen molar-refractivity contribution in [1.82, 2.24) is 0 Å². The second kappa shape index (κ2) is 3.24. The summed E-state index contributed by atoms with van der Waals surface area (Å²) in [5.74, 6) is 3.06. The van der Waals surface area contributed by atoms with Gasteiger partial charge in [-0.1, -0.05) is 12.8 Å². The fourth-order valence-electron chi connectivity index (χ4n) is 5.00. The Balaban J connectivity index is 1.86. The summed E-state index contributed by atoms with van der Waals surface area (Å²) in [6, 6.07) is 3.96. The molecular weight excluding hydrogens is 212 g/mol. The van der Waals surface area contributed by atoms with Gasteiger partial charge in [-0.05, 0) is 49.7 Å². The number of furan rings is 1. The molecule has 4 rings (SSSR count). The average Bonchev–Trinajstić information content (AvgIpc) is 3.06. The molecule has 1 aromatic rings.